The Morgan fingerprint density at radius 3 is 1.26 bits per heavy atom. The van der Waals surface area contributed by atoms with Crippen LogP contribution < -0.4 is 5.32 Å². The summed E-state index contributed by atoms with van der Waals surface area (Å²) in [5, 5.41) is 54.2. The first-order valence-electron chi connectivity index (χ1n) is 37.2. The van der Waals surface area contributed by atoms with Crippen molar-refractivity contribution >= 4 is 11.9 Å². The molecule has 6 N–H and O–H groups in total. The lowest BCUT2D eigenvalue weighted by molar-refractivity contribution is -0.302. The third-order valence-corrected chi connectivity index (χ3v) is 17.3. The molecule has 0 aromatic rings. The van der Waals surface area contributed by atoms with Gasteiger partial charge in [-0.3, -0.25) is 9.59 Å². The van der Waals surface area contributed by atoms with E-state index < -0.39 is 49.5 Å². The number of nitrogens with one attached hydrogen (secondary N) is 1. The largest absolute Gasteiger partial charge is 0.466 e. The minimum Gasteiger partial charge on any atom is -0.466 e. The summed E-state index contributed by atoms with van der Waals surface area (Å²) in [6.07, 6.45) is 79.6. The molecule has 1 aliphatic heterocycles. The molecular weight excluding hydrogens is 1100 g/mol. The molecule has 1 saturated heterocycles. The predicted molar refractivity (Wildman–Crippen MR) is 370 cm³/mol. The maximum atomic E-state index is 13.0. The van der Waals surface area contributed by atoms with E-state index in [-0.39, 0.29) is 18.5 Å². The van der Waals surface area contributed by atoms with Crippen molar-refractivity contribution in [2.75, 3.05) is 19.8 Å². The van der Waals surface area contributed by atoms with Crippen LogP contribution >= 0.6 is 0 Å². The average Bonchev–Trinajstić information content (AvgIpc) is 3.48. The first-order valence-corrected chi connectivity index (χ1v) is 37.2. The lowest BCUT2D eigenvalue weighted by Crippen LogP contribution is -2.60. The third-order valence-electron chi connectivity index (χ3n) is 17.3. The van der Waals surface area contributed by atoms with Gasteiger partial charge >= 0.3 is 5.97 Å². The lowest BCUT2D eigenvalue weighted by atomic mass is 9.99. The van der Waals surface area contributed by atoms with E-state index >= 15 is 0 Å². The maximum absolute atomic E-state index is 13.0. The molecule has 0 saturated carbocycles. The number of allylic oxidation sites excluding steroid dienone is 11. The predicted octanol–water partition coefficient (Wildman–Crippen LogP) is 19.5. The fraction of sp³-hybridized carbons (Fsp3) is 0.818. The molecule has 0 aromatic heterocycles. The molecule has 1 fully saturated rings. The molecule has 0 aliphatic carbocycles. The molecule has 7 unspecified atom stereocenters. The van der Waals surface area contributed by atoms with Gasteiger partial charge in [-0.2, -0.15) is 0 Å². The Hall–Kier alpha value is -2.90. The Morgan fingerprint density at radius 2 is 0.818 bits per heavy atom. The molecule has 11 nitrogen and oxygen atoms in total. The van der Waals surface area contributed by atoms with E-state index in [2.05, 4.69) is 66.9 Å². The van der Waals surface area contributed by atoms with Crippen LogP contribution in [-0.2, 0) is 23.8 Å². The van der Waals surface area contributed by atoms with Gasteiger partial charge in [0.15, 0.2) is 6.29 Å². The van der Waals surface area contributed by atoms with E-state index in [0.29, 0.717) is 19.4 Å². The molecule has 1 rings (SSSR count). The van der Waals surface area contributed by atoms with Crippen LogP contribution in [0.5, 0.6) is 0 Å². The highest BCUT2D eigenvalue weighted by Crippen LogP contribution is 2.23. The quantitative estimate of drug-likeness (QED) is 0.0195. The number of rotatable bonds is 65. The Morgan fingerprint density at radius 1 is 0.443 bits per heavy atom. The van der Waals surface area contributed by atoms with Crippen LogP contribution in [0.2, 0.25) is 0 Å². The van der Waals surface area contributed by atoms with Crippen molar-refractivity contribution in [1.82, 2.24) is 5.32 Å². The SMILES string of the molecule is C/C=C/CC/C=C/CC/C=C/C(O)C(COC1OC(CO)C(O)C(O)C1O)NC(=O)CCCCCCCCCCCCCCCCCCC/C=C\C/C=C\CCCCCCCCCCCCCOC(=O)CCCCCCC/C=C\CCCCCCCCC. The van der Waals surface area contributed by atoms with Gasteiger partial charge in [0.2, 0.25) is 5.91 Å². The van der Waals surface area contributed by atoms with Gasteiger partial charge in [0.25, 0.3) is 0 Å². The zero-order valence-electron chi connectivity index (χ0n) is 56.9. The minimum atomic E-state index is -1.58. The van der Waals surface area contributed by atoms with Crippen LogP contribution in [0.15, 0.2) is 72.9 Å². The molecule has 11 heteroatoms. The molecule has 0 bridgehead atoms. The Kier molecular flexibility index (Phi) is 61.9. The topological polar surface area (TPSA) is 175 Å². The van der Waals surface area contributed by atoms with Crippen molar-refractivity contribution in [3.05, 3.63) is 72.9 Å². The van der Waals surface area contributed by atoms with Crippen molar-refractivity contribution in [3.8, 4) is 0 Å². The smallest absolute Gasteiger partial charge is 0.305 e. The van der Waals surface area contributed by atoms with Crippen LogP contribution in [0, 0.1) is 0 Å². The summed E-state index contributed by atoms with van der Waals surface area (Å²) in [7, 11) is 0. The fourth-order valence-corrected chi connectivity index (χ4v) is 11.5. The monoisotopic (exact) mass is 1240 g/mol. The van der Waals surface area contributed by atoms with Crippen LogP contribution in [0.4, 0.5) is 0 Å². The zero-order chi connectivity index (χ0) is 63.7. The van der Waals surface area contributed by atoms with E-state index in [4.69, 9.17) is 14.2 Å². The summed E-state index contributed by atoms with van der Waals surface area (Å²) >= 11 is 0. The van der Waals surface area contributed by atoms with Crippen LogP contribution in [0.3, 0.4) is 0 Å². The third kappa shape index (κ3) is 53.7. The van der Waals surface area contributed by atoms with Crippen LogP contribution in [-0.4, -0.2) is 100 Å². The van der Waals surface area contributed by atoms with Crippen molar-refractivity contribution < 1.29 is 49.3 Å². The van der Waals surface area contributed by atoms with Crippen LogP contribution in [0.1, 0.15) is 341 Å². The zero-order valence-corrected chi connectivity index (χ0v) is 56.9. The Labute approximate surface area is 541 Å². The highest BCUT2D eigenvalue weighted by atomic mass is 16.7. The number of carbonyl (C=O) groups is 2. The molecule has 1 amide bonds. The molecule has 0 aromatic carbocycles. The second-order valence-electron chi connectivity index (χ2n) is 25.6. The lowest BCUT2D eigenvalue weighted by Gasteiger charge is -2.40. The van der Waals surface area contributed by atoms with Crippen molar-refractivity contribution in [1.29, 1.82) is 0 Å². The summed E-state index contributed by atoms with van der Waals surface area (Å²) < 4.78 is 16.7. The van der Waals surface area contributed by atoms with Gasteiger partial charge < -0.3 is 45.1 Å². The number of hydrogen-bond acceptors (Lipinski definition) is 10. The highest BCUT2D eigenvalue weighted by molar-refractivity contribution is 5.76. The van der Waals surface area contributed by atoms with E-state index in [9.17, 15) is 35.1 Å². The molecule has 88 heavy (non-hydrogen) atoms. The van der Waals surface area contributed by atoms with Crippen molar-refractivity contribution in [2.45, 2.75) is 384 Å². The molecule has 1 aliphatic rings. The Bertz CT molecular complexity index is 1690. The Balaban J connectivity index is 1.89. The number of amides is 1. The van der Waals surface area contributed by atoms with Gasteiger partial charge in [-0.25, -0.2) is 0 Å². The summed E-state index contributed by atoms with van der Waals surface area (Å²) in [6.45, 7) is 4.11. The standard InChI is InChI=1S/C77H139NO10/c1-3-5-7-9-11-13-14-15-16-39-42-45-49-53-57-61-65-73(82)86-66-62-58-54-50-46-43-40-37-35-33-31-29-27-25-23-21-19-17-18-20-22-24-26-28-30-32-34-36-38-41-44-48-52-56-60-64-72(81)78-69(70(80)63-59-55-51-47-12-10-8-6-4-2)68-87-77-76(85)75(84)74(83)71(67-79)88-77/h4,6,12,16,19,21,25,27,39,47,59,63,69-71,74-77,79-80,83-85H,3,5,7-11,13-15,17-18,20,22-24,26,28-38,40-46,48-58,60-62,64-68H2,1-2H3,(H,78,81)/b6-4+,21-19-,27-25-,39-16-,47-12+,63-59+. The second-order valence-corrected chi connectivity index (χ2v) is 25.6. The first kappa shape index (κ1) is 83.1. The van der Waals surface area contributed by atoms with Gasteiger partial charge in [0.05, 0.1) is 32.0 Å². The molecule has 7 atom stereocenters. The van der Waals surface area contributed by atoms with E-state index in [1.807, 2.05) is 19.1 Å². The van der Waals surface area contributed by atoms with Gasteiger partial charge in [0, 0.05) is 12.8 Å². The summed E-state index contributed by atoms with van der Waals surface area (Å²) in [5.41, 5.74) is 0. The second kappa shape index (κ2) is 65.6. The number of carbonyl (C=O) groups excluding carboxylic acids is 2. The van der Waals surface area contributed by atoms with Crippen molar-refractivity contribution in [3.63, 3.8) is 0 Å². The molecule has 1 heterocycles. The van der Waals surface area contributed by atoms with Gasteiger partial charge in [-0.1, -0.05) is 292 Å². The van der Waals surface area contributed by atoms with E-state index in [1.165, 1.54) is 244 Å². The highest BCUT2D eigenvalue weighted by Gasteiger charge is 2.44. The number of esters is 1. The van der Waals surface area contributed by atoms with Gasteiger partial charge in [-0.05, 0) is 110 Å². The van der Waals surface area contributed by atoms with E-state index in [1.54, 1.807) is 6.08 Å². The summed E-state index contributed by atoms with van der Waals surface area (Å²) in [6, 6.07) is -0.833. The summed E-state index contributed by atoms with van der Waals surface area (Å²) in [4.78, 5) is 25.1. The van der Waals surface area contributed by atoms with Crippen molar-refractivity contribution in [2.24, 2.45) is 0 Å². The molecule has 512 valence electrons. The number of aliphatic hydroxyl groups excluding tert-OH is 5. The maximum Gasteiger partial charge on any atom is 0.305 e. The van der Waals surface area contributed by atoms with E-state index in [0.717, 1.165) is 70.6 Å². The number of aliphatic hydroxyl groups is 5. The minimum absolute atomic E-state index is 0.00211. The number of unbranched alkanes of at least 4 members (excludes halogenated alkanes) is 42. The number of hydrogen-bond donors (Lipinski definition) is 6. The first-order chi connectivity index (χ1) is 43.2. The normalized spacial score (nSPS) is 18.2. The summed E-state index contributed by atoms with van der Waals surface area (Å²) in [5.74, 6) is -0.195. The molecule has 0 radical (unpaired) electrons. The molecular formula is C77H139NO10. The van der Waals surface area contributed by atoms with Gasteiger partial charge in [0.1, 0.15) is 24.4 Å². The number of ether oxygens (including phenoxy) is 3. The van der Waals surface area contributed by atoms with Gasteiger partial charge in [-0.15, -0.1) is 0 Å². The average molecular weight is 1240 g/mol. The molecule has 0 spiro atoms. The van der Waals surface area contributed by atoms with Crippen LogP contribution in [0.25, 0.3) is 0 Å². The fourth-order valence-electron chi connectivity index (χ4n) is 11.5.